The minimum Gasteiger partial charge on any atom is -0.385 e. The van der Waals surface area contributed by atoms with E-state index in [1.165, 1.54) is 25.9 Å². The van der Waals surface area contributed by atoms with E-state index in [2.05, 4.69) is 15.5 Å². The zero-order valence-electron chi connectivity index (χ0n) is 12.4. The van der Waals surface area contributed by atoms with E-state index in [9.17, 15) is 4.79 Å². The van der Waals surface area contributed by atoms with Crippen LogP contribution in [0.25, 0.3) is 0 Å². The average Bonchev–Trinajstić information content (AvgIpc) is 2.50. The molecule has 1 aromatic carbocycles. The van der Waals surface area contributed by atoms with E-state index >= 15 is 0 Å². The molecule has 2 bridgehead atoms. The SMILES string of the molecule is CCNc1ccc(Cl)cc1C(=O)NC1CN2CCC1CC2. The Morgan fingerprint density at radius 1 is 1.38 bits per heavy atom. The topological polar surface area (TPSA) is 44.4 Å². The Morgan fingerprint density at radius 2 is 2.14 bits per heavy atom. The summed E-state index contributed by atoms with van der Waals surface area (Å²) in [5.41, 5.74) is 1.49. The zero-order valence-corrected chi connectivity index (χ0v) is 13.1. The van der Waals surface area contributed by atoms with Crippen LogP contribution >= 0.6 is 11.6 Å². The first-order valence-electron chi connectivity index (χ1n) is 7.74. The van der Waals surface area contributed by atoms with E-state index < -0.39 is 0 Å². The molecule has 1 amide bonds. The molecule has 4 nitrogen and oxygen atoms in total. The maximum absolute atomic E-state index is 12.6. The number of nitrogens with zero attached hydrogens (tertiary/aromatic N) is 1. The lowest BCUT2D eigenvalue weighted by Crippen LogP contribution is -2.57. The first-order valence-corrected chi connectivity index (χ1v) is 8.12. The summed E-state index contributed by atoms with van der Waals surface area (Å²) in [6.07, 6.45) is 2.39. The van der Waals surface area contributed by atoms with Gasteiger partial charge in [-0.05, 0) is 57.0 Å². The molecular weight excluding hydrogens is 286 g/mol. The van der Waals surface area contributed by atoms with E-state index in [-0.39, 0.29) is 11.9 Å². The van der Waals surface area contributed by atoms with Crippen LogP contribution in [0, 0.1) is 5.92 Å². The van der Waals surface area contributed by atoms with Crippen LogP contribution in [0.5, 0.6) is 0 Å². The molecule has 3 saturated heterocycles. The quantitative estimate of drug-likeness (QED) is 0.898. The fraction of sp³-hybridized carbons (Fsp3) is 0.562. The number of hydrogen-bond acceptors (Lipinski definition) is 3. The number of nitrogens with one attached hydrogen (secondary N) is 2. The maximum atomic E-state index is 12.6. The lowest BCUT2D eigenvalue weighted by Gasteiger charge is -2.45. The molecule has 3 fully saturated rings. The van der Waals surface area contributed by atoms with E-state index in [0.29, 0.717) is 16.5 Å². The Morgan fingerprint density at radius 3 is 2.76 bits per heavy atom. The van der Waals surface area contributed by atoms with Crippen LogP contribution < -0.4 is 10.6 Å². The fourth-order valence-electron chi connectivity index (χ4n) is 3.42. The fourth-order valence-corrected chi connectivity index (χ4v) is 3.60. The first kappa shape index (κ1) is 14.7. The molecule has 1 unspecified atom stereocenters. The minimum absolute atomic E-state index is 0.0211. The molecule has 0 aromatic heterocycles. The first-order chi connectivity index (χ1) is 10.2. The molecular formula is C16H22ClN3O. The number of benzene rings is 1. The highest BCUT2D eigenvalue weighted by atomic mass is 35.5. The second-order valence-corrected chi connectivity index (χ2v) is 6.37. The van der Waals surface area contributed by atoms with Crippen molar-refractivity contribution in [2.45, 2.75) is 25.8 Å². The highest BCUT2D eigenvalue weighted by molar-refractivity contribution is 6.31. The number of amides is 1. The smallest absolute Gasteiger partial charge is 0.253 e. The molecule has 5 heteroatoms. The Hall–Kier alpha value is -1.26. The lowest BCUT2D eigenvalue weighted by atomic mass is 9.84. The van der Waals surface area contributed by atoms with Crippen molar-refractivity contribution in [3.8, 4) is 0 Å². The van der Waals surface area contributed by atoms with Crippen LogP contribution in [-0.4, -0.2) is 43.0 Å². The van der Waals surface area contributed by atoms with E-state index in [1.807, 2.05) is 19.1 Å². The van der Waals surface area contributed by atoms with E-state index in [4.69, 9.17) is 11.6 Å². The van der Waals surface area contributed by atoms with Crippen LogP contribution in [0.3, 0.4) is 0 Å². The van der Waals surface area contributed by atoms with Crippen LogP contribution in [0.1, 0.15) is 30.1 Å². The highest BCUT2D eigenvalue weighted by Crippen LogP contribution is 2.28. The summed E-state index contributed by atoms with van der Waals surface area (Å²) in [6, 6.07) is 5.70. The summed E-state index contributed by atoms with van der Waals surface area (Å²) in [6.45, 7) is 6.13. The van der Waals surface area contributed by atoms with Crippen LogP contribution in [0.15, 0.2) is 18.2 Å². The van der Waals surface area contributed by atoms with Gasteiger partial charge in [-0.2, -0.15) is 0 Å². The molecule has 0 spiro atoms. The summed E-state index contributed by atoms with van der Waals surface area (Å²) in [7, 11) is 0. The summed E-state index contributed by atoms with van der Waals surface area (Å²) < 4.78 is 0. The van der Waals surface area contributed by atoms with Gasteiger partial charge in [0.2, 0.25) is 0 Å². The summed E-state index contributed by atoms with van der Waals surface area (Å²) >= 11 is 6.05. The van der Waals surface area contributed by atoms with Gasteiger partial charge in [0.1, 0.15) is 0 Å². The number of rotatable bonds is 4. The Kier molecular flexibility index (Phi) is 4.36. The third kappa shape index (κ3) is 3.16. The van der Waals surface area contributed by atoms with Crippen LogP contribution in [-0.2, 0) is 0 Å². The van der Waals surface area contributed by atoms with Crippen molar-refractivity contribution in [3.05, 3.63) is 28.8 Å². The molecule has 1 aromatic rings. The maximum Gasteiger partial charge on any atom is 0.253 e. The predicted octanol–water partition coefficient (Wildman–Crippen LogP) is 2.60. The summed E-state index contributed by atoms with van der Waals surface area (Å²) in [5.74, 6) is 0.605. The van der Waals surface area contributed by atoms with Crippen LogP contribution in [0.2, 0.25) is 5.02 Å². The number of hydrogen-bond donors (Lipinski definition) is 2. The molecule has 0 radical (unpaired) electrons. The van der Waals surface area contributed by atoms with Gasteiger partial charge in [0.25, 0.3) is 5.91 Å². The minimum atomic E-state index is -0.0211. The number of halogens is 1. The van der Waals surface area contributed by atoms with Crippen molar-refractivity contribution < 1.29 is 4.79 Å². The Labute approximate surface area is 130 Å². The van der Waals surface area contributed by atoms with Crippen molar-refractivity contribution in [1.82, 2.24) is 10.2 Å². The standard InChI is InChI=1S/C16H22ClN3O/c1-2-18-14-4-3-12(17)9-13(14)16(21)19-15-10-20-7-5-11(15)6-8-20/h3-4,9,11,15,18H,2,5-8,10H2,1H3,(H,19,21). The molecule has 3 aliphatic heterocycles. The van der Waals surface area contributed by atoms with E-state index in [1.54, 1.807) is 6.07 Å². The van der Waals surface area contributed by atoms with Gasteiger partial charge in [-0.15, -0.1) is 0 Å². The van der Waals surface area contributed by atoms with Gasteiger partial charge >= 0.3 is 0 Å². The van der Waals surface area contributed by atoms with Crippen molar-refractivity contribution in [1.29, 1.82) is 0 Å². The molecule has 3 heterocycles. The van der Waals surface area contributed by atoms with Gasteiger partial charge in [-0.1, -0.05) is 11.6 Å². The number of fused-ring (bicyclic) bond motifs is 3. The monoisotopic (exact) mass is 307 g/mol. The molecule has 2 N–H and O–H groups in total. The summed E-state index contributed by atoms with van der Waals surface area (Å²) in [4.78, 5) is 15.0. The molecule has 21 heavy (non-hydrogen) atoms. The van der Waals surface area contributed by atoms with Gasteiger partial charge in [-0.3, -0.25) is 4.79 Å². The third-order valence-electron chi connectivity index (χ3n) is 4.57. The molecule has 114 valence electrons. The molecule has 4 rings (SSSR count). The highest BCUT2D eigenvalue weighted by Gasteiger charge is 2.35. The molecule has 0 aliphatic carbocycles. The van der Waals surface area contributed by atoms with Crippen molar-refractivity contribution in [3.63, 3.8) is 0 Å². The summed E-state index contributed by atoms with van der Waals surface area (Å²) in [5, 5.41) is 7.03. The lowest BCUT2D eigenvalue weighted by molar-refractivity contribution is 0.0621. The number of carbonyl (C=O) groups excluding carboxylic acids is 1. The number of carbonyl (C=O) groups is 1. The second kappa shape index (κ2) is 6.24. The normalized spacial score (nSPS) is 27.4. The van der Waals surface area contributed by atoms with Crippen molar-refractivity contribution in [2.75, 3.05) is 31.5 Å². The largest absolute Gasteiger partial charge is 0.385 e. The molecule has 1 atom stereocenters. The predicted molar refractivity (Wildman–Crippen MR) is 86.0 cm³/mol. The van der Waals surface area contributed by atoms with Gasteiger partial charge in [0.15, 0.2) is 0 Å². The van der Waals surface area contributed by atoms with Gasteiger partial charge < -0.3 is 15.5 Å². The zero-order chi connectivity index (χ0) is 14.8. The van der Waals surface area contributed by atoms with Crippen molar-refractivity contribution >= 4 is 23.2 Å². The van der Waals surface area contributed by atoms with E-state index in [0.717, 1.165) is 18.8 Å². The number of piperidine rings is 3. The second-order valence-electron chi connectivity index (χ2n) is 5.94. The van der Waals surface area contributed by atoms with Crippen molar-refractivity contribution in [2.24, 2.45) is 5.92 Å². The van der Waals surface area contributed by atoms with Gasteiger partial charge in [0.05, 0.1) is 5.56 Å². The third-order valence-corrected chi connectivity index (χ3v) is 4.80. The van der Waals surface area contributed by atoms with Gasteiger partial charge in [0, 0.05) is 29.8 Å². The molecule has 0 saturated carbocycles. The Balaban J connectivity index is 1.74. The molecule has 3 aliphatic rings. The Bertz CT molecular complexity index is 526. The number of anilines is 1. The van der Waals surface area contributed by atoms with Crippen LogP contribution in [0.4, 0.5) is 5.69 Å². The van der Waals surface area contributed by atoms with Gasteiger partial charge in [-0.25, -0.2) is 0 Å². The average molecular weight is 308 g/mol.